The SMILES string of the molecule is CCOc1ccc(-n2nc3c(N4CCC(N(C)Cc5ccccc5)C4)nnc(C)c3c2C)c(F)c1. The fraction of sp³-hybridized carbons (Fsp3) is 0.370. The third-order valence-electron chi connectivity index (χ3n) is 6.80. The van der Waals surface area contributed by atoms with Crippen LogP contribution >= 0.6 is 0 Å². The second-order valence-electron chi connectivity index (χ2n) is 9.17. The summed E-state index contributed by atoms with van der Waals surface area (Å²) < 4.78 is 22.1. The van der Waals surface area contributed by atoms with Crippen molar-refractivity contribution in [2.45, 2.75) is 39.8 Å². The van der Waals surface area contributed by atoms with E-state index in [1.54, 1.807) is 16.8 Å². The number of ether oxygens (including phenoxy) is 1. The number of hydrogen-bond donors (Lipinski definition) is 0. The molecule has 182 valence electrons. The Morgan fingerprint density at radius 1 is 1.11 bits per heavy atom. The van der Waals surface area contributed by atoms with Crippen LogP contribution in [0.1, 0.15) is 30.3 Å². The Bertz CT molecular complexity index is 1340. The number of halogens is 1. The summed E-state index contributed by atoms with van der Waals surface area (Å²) in [4.78, 5) is 4.65. The lowest BCUT2D eigenvalue weighted by molar-refractivity contribution is 0.250. The zero-order chi connectivity index (χ0) is 24.5. The first-order valence-corrected chi connectivity index (χ1v) is 12.1. The van der Waals surface area contributed by atoms with Crippen LogP contribution in [0.2, 0.25) is 0 Å². The highest BCUT2D eigenvalue weighted by atomic mass is 19.1. The highest BCUT2D eigenvalue weighted by Gasteiger charge is 2.30. The molecule has 1 aliphatic heterocycles. The van der Waals surface area contributed by atoms with Gasteiger partial charge in [0, 0.05) is 31.7 Å². The highest BCUT2D eigenvalue weighted by molar-refractivity contribution is 5.92. The lowest BCUT2D eigenvalue weighted by Gasteiger charge is -2.25. The first-order chi connectivity index (χ1) is 17.0. The fourth-order valence-corrected chi connectivity index (χ4v) is 4.97. The third-order valence-corrected chi connectivity index (χ3v) is 6.80. The van der Waals surface area contributed by atoms with Crippen LogP contribution in [0.4, 0.5) is 10.2 Å². The standard InChI is InChI=1S/C27H31FN6O/c1-5-35-22-11-12-24(23(28)15-22)34-19(3)25-18(2)29-30-27(26(25)31-34)33-14-13-21(17-33)32(4)16-20-9-7-6-8-10-20/h6-12,15,21H,5,13-14,16-17H2,1-4H3. The van der Waals surface area contributed by atoms with Crippen LogP contribution in [0, 0.1) is 19.7 Å². The van der Waals surface area contributed by atoms with E-state index in [9.17, 15) is 0 Å². The summed E-state index contributed by atoms with van der Waals surface area (Å²) in [6, 6.07) is 15.8. The molecule has 1 atom stereocenters. The fourth-order valence-electron chi connectivity index (χ4n) is 4.97. The molecule has 1 saturated heterocycles. The number of aromatic nitrogens is 4. The van der Waals surface area contributed by atoms with Crippen molar-refractivity contribution in [2.24, 2.45) is 0 Å². The summed E-state index contributed by atoms with van der Waals surface area (Å²) in [5.74, 6) is 0.885. The molecule has 1 aliphatic rings. The van der Waals surface area contributed by atoms with Gasteiger partial charge in [-0.1, -0.05) is 30.3 Å². The van der Waals surface area contributed by atoms with E-state index in [-0.39, 0.29) is 5.82 Å². The second kappa shape index (κ2) is 9.62. The molecule has 5 rings (SSSR count). The Labute approximate surface area is 205 Å². The summed E-state index contributed by atoms with van der Waals surface area (Å²) in [5, 5.41) is 14.7. The van der Waals surface area contributed by atoms with Crippen LogP contribution in [-0.2, 0) is 6.54 Å². The van der Waals surface area contributed by atoms with E-state index >= 15 is 4.39 Å². The van der Waals surface area contributed by atoms with Crippen LogP contribution in [0.5, 0.6) is 5.75 Å². The van der Waals surface area contributed by atoms with Crippen molar-refractivity contribution in [1.82, 2.24) is 24.9 Å². The Balaban J connectivity index is 1.44. The number of nitrogens with zero attached hydrogens (tertiary/aromatic N) is 6. The molecular formula is C27H31FN6O. The molecule has 35 heavy (non-hydrogen) atoms. The van der Waals surface area contributed by atoms with Gasteiger partial charge in [-0.25, -0.2) is 9.07 Å². The van der Waals surface area contributed by atoms with Crippen molar-refractivity contribution in [3.8, 4) is 11.4 Å². The topological polar surface area (TPSA) is 59.3 Å². The quantitative estimate of drug-likeness (QED) is 0.388. The van der Waals surface area contributed by atoms with Gasteiger partial charge in [0.1, 0.15) is 17.0 Å². The number of likely N-dealkylation sites (N-methyl/N-ethyl adjacent to an activating group) is 1. The molecular weight excluding hydrogens is 443 g/mol. The Morgan fingerprint density at radius 3 is 2.66 bits per heavy atom. The van der Waals surface area contributed by atoms with Crippen molar-refractivity contribution in [3.05, 3.63) is 71.3 Å². The Kier molecular flexibility index (Phi) is 6.38. The highest BCUT2D eigenvalue weighted by Crippen LogP contribution is 2.32. The number of hydrogen-bond acceptors (Lipinski definition) is 6. The van der Waals surface area contributed by atoms with E-state index in [0.717, 1.165) is 54.2 Å². The molecule has 4 aromatic rings. The number of fused-ring (bicyclic) bond motifs is 1. The molecule has 0 radical (unpaired) electrons. The lowest BCUT2D eigenvalue weighted by Crippen LogP contribution is -2.34. The number of anilines is 1. The van der Waals surface area contributed by atoms with Crippen molar-refractivity contribution >= 4 is 16.7 Å². The van der Waals surface area contributed by atoms with Crippen molar-refractivity contribution < 1.29 is 9.13 Å². The smallest absolute Gasteiger partial charge is 0.179 e. The summed E-state index contributed by atoms with van der Waals surface area (Å²) >= 11 is 0. The van der Waals surface area contributed by atoms with Gasteiger partial charge in [0.15, 0.2) is 11.6 Å². The van der Waals surface area contributed by atoms with Gasteiger partial charge in [0.2, 0.25) is 0 Å². The van der Waals surface area contributed by atoms with Gasteiger partial charge < -0.3 is 9.64 Å². The van der Waals surface area contributed by atoms with Crippen LogP contribution in [0.15, 0.2) is 48.5 Å². The van der Waals surface area contributed by atoms with Crippen LogP contribution in [-0.4, -0.2) is 57.7 Å². The van der Waals surface area contributed by atoms with Crippen molar-refractivity contribution in [1.29, 1.82) is 0 Å². The molecule has 8 heteroatoms. The van der Waals surface area contributed by atoms with E-state index in [2.05, 4.69) is 51.3 Å². The van der Waals surface area contributed by atoms with Gasteiger partial charge >= 0.3 is 0 Å². The zero-order valence-electron chi connectivity index (χ0n) is 20.7. The molecule has 0 amide bonds. The van der Waals surface area contributed by atoms with Crippen molar-refractivity contribution in [2.75, 3.05) is 31.6 Å². The van der Waals surface area contributed by atoms with Crippen LogP contribution in [0.3, 0.4) is 0 Å². The predicted molar refractivity (Wildman–Crippen MR) is 136 cm³/mol. The molecule has 0 N–H and O–H groups in total. The maximum absolute atomic E-state index is 15.0. The van der Waals surface area contributed by atoms with E-state index in [1.807, 2.05) is 26.8 Å². The molecule has 3 heterocycles. The third kappa shape index (κ3) is 4.46. The predicted octanol–water partition coefficient (Wildman–Crippen LogP) is 4.68. The summed E-state index contributed by atoms with van der Waals surface area (Å²) in [5.41, 5.74) is 4.08. The summed E-state index contributed by atoms with van der Waals surface area (Å²) in [6.45, 7) is 8.86. The summed E-state index contributed by atoms with van der Waals surface area (Å²) in [7, 11) is 2.17. The van der Waals surface area contributed by atoms with E-state index < -0.39 is 0 Å². The molecule has 0 saturated carbocycles. The minimum Gasteiger partial charge on any atom is -0.494 e. The number of rotatable bonds is 7. The first kappa shape index (κ1) is 23.2. The molecule has 0 bridgehead atoms. The first-order valence-electron chi connectivity index (χ1n) is 12.1. The van der Waals surface area contributed by atoms with Crippen LogP contribution < -0.4 is 9.64 Å². The molecule has 7 nitrogen and oxygen atoms in total. The molecule has 0 spiro atoms. The monoisotopic (exact) mass is 474 g/mol. The Hall–Kier alpha value is -3.52. The van der Waals surface area contributed by atoms with Gasteiger partial charge in [-0.3, -0.25) is 4.90 Å². The zero-order valence-corrected chi connectivity index (χ0v) is 20.7. The van der Waals surface area contributed by atoms with Gasteiger partial charge in [-0.2, -0.15) is 10.2 Å². The maximum Gasteiger partial charge on any atom is 0.179 e. The van der Waals surface area contributed by atoms with E-state index in [1.165, 1.54) is 11.6 Å². The minimum absolute atomic E-state index is 0.379. The normalized spacial score (nSPS) is 15.9. The van der Waals surface area contributed by atoms with E-state index in [4.69, 9.17) is 9.84 Å². The van der Waals surface area contributed by atoms with Crippen molar-refractivity contribution in [3.63, 3.8) is 0 Å². The summed E-state index contributed by atoms with van der Waals surface area (Å²) in [6.07, 6.45) is 1.04. The van der Waals surface area contributed by atoms with Gasteiger partial charge in [0.05, 0.1) is 23.4 Å². The molecule has 0 aliphatic carbocycles. The second-order valence-corrected chi connectivity index (χ2v) is 9.17. The average Bonchev–Trinajstić information content (AvgIpc) is 3.47. The lowest BCUT2D eigenvalue weighted by atomic mass is 10.1. The molecule has 1 unspecified atom stereocenters. The number of benzene rings is 2. The average molecular weight is 475 g/mol. The van der Waals surface area contributed by atoms with Gasteiger partial charge in [-0.15, -0.1) is 5.10 Å². The van der Waals surface area contributed by atoms with E-state index in [0.29, 0.717) is 24.1 Å². The van der Waals surface area contributed by atoms with Gasteiger partial charge in [0.25, 0.3) is 0 Å². The maximum atomic E-state index is 15.0. The minimum atomic E-state index is -0.379. The largest absolute Gasteiger partial charge is 0.494 e. The van der Waals surface area contributed by atoms with Gasteiger partial charge in [-0.05, 0) is 51.9 Å². The number of aryl methyl sites for hydroxylation is 2. The molecule has 2 aromatic carbocycles. The molecule has 2 aromatic heterocycles. The van der Waals surface area contributed by atoms with Crippen LogP contribution in [0.25, 0.3) is 16.6 Å². The Morgan fingerprint density at radius 2 is 1.91 bits per heavy atom. The molecule has 1 fully saturated rings.